The van der Waals surface area contributed by atoms with E-state index in [0.717, 1.165) is 5.56 Å². The summed E-state index contributed by atoms with van der Waals surface area (Å²) in [4.78, 5) is 11.7. The highest BCUT2D eigenvalue weighted by Gasteiger charge is 2.24. The van der Waals surface area contributed by atoms with Crippen molar-refractivity contribution in [2.45, 2.75) is 6.92 Å². The van der Waals surface area contributed by atoms with Gasteiger partial charge in [-0.2, -0.15) is 5.10 Å². The summed E-state index contributed by atoms with van der Waals surface area (Å²) in [5, 5.41) is 4.26. The molecule has 2 aromatic rings. The Bertz CT molecular complexity index is 732. The molecule has 20 heavy (non-hydrogen) atoms. The lowest BCUT2D eigenvalue weighted by Gasteiger charge is -2.16. The number of aromatic nitrogens is 2. The molecule has 0 saturated carbocycles. The number of rotatable bonds is 2. The van der Waals surface area contributed by atoms with E-state index in [-0.39, 0.29) is 0 Å². The lowest BCUT2D eigenvalue weighted by molar-refractivity contribution is 0.0992. The van der Waals surface area contributed by atoms with Crippen molar-refractivity contribution in [2.75, 3.05) is 0 Å². The molecule has 6 nitrogen and oxygen atoms in total. The lowest BCUT2D eigenvalue weighted by Crippen LogP contribution is -2.17. The van der Waals surface area contributed by atoms with Crippen molar-refractivity contribution in [1.82, 2.24) is 9.78 Å². The van der Waals surface area contributed by atoms with Gasteiger partial charge < -0.3 is 15.2 Å². The molecule has 0 aliphatic carbocycles. The second-order valence-electron chi connectivity index (χ2n) is 4.44. The van der Waals surface area contributed by atoms with Gasteiger partial charge in [0, 0.05) is 18.2 Å². The van der Waals surface area contributed by atoms with Gasteiger partial charge in [0.1, 0.15) is 18.2 Å². The first kappa shape index (κ1) is 12.3. The fourth-order valence-electron chi connectivity index (χ4n) is 2.39. The number of amides is 1. The number of primary amides is 1. The summed E-state index contributed by atoms with van der Waals surface area (Å²) in [5.41, 5.74) is 7.89. The van der Waals surface area contributed by atoms with Gasteiger partial charge in [0.2, 0.25) is 0 Å². The molecule has 6 heteroatoms. The van der Waals surface area contributed by atoms with Crippen LogP contribution in [0.4, 0.5) is 0 Å². The van der Waals surface area contributed by atoms with Crippen molar-refractivity contribution in [2.24, 2.45) is 12.8 Å². The summed E-state index contributed by atoms with van der Waals surface area (Å²) in [7, 11) is 1.68. The van der Waals surface area contributed by atoms with Crippen LogP contribution in [0.25, 0.3) is 11.1 Å². The first-order valence-electron chi connectivity index (χ1n) is 6.04. The lowest BCUT2D eigenvalue weighted by atomic mass is 10.0. The van der Waals surface area contributed by atoms with Gasteiger partial charge in [-0.15, -0.1) is 0 Å². The van der Waals surface area contributed by atoms with Gasteiger partial charge in [-0.3, -0.25) is 9.48 Å². The fourth-order valence-corrected chi connectivity index (χ4v) is 2.39. The third kappa shape index (κ3) is 1.73. The number of ether oxygens (including phenoxy) is 2. The minimum atomic E-state index is -0.534. The van der Waals surface area contributed by atoms with Gasteiger partial charge in [0.15, 0.2) is 11.5 Å². The van der Waals surface area contributed by atoms with Gasteiger partial charge in [-0.05, 0) is 13.0 Å². The van der Waals surface area contributed by atoms with Crippen LogP contribution in [-0.4, -0.2) is 15.7 Å². The number of fused-ring (bicyclic) bond motifs is 1. The van der Waals surface area contributed by atoms with Crippen LogP contribution in [-0.2, 0) is 7.05 Å². The van der Waals surface area contributed by atoms with E-state index in [9.17, 15) is 4.79 Å². The summed E-state index contributed by atoms with van der Waals surface area (Å²) in [6, 6.07) is 5.46. The van der Waals surface area contributed by atoms with Crippen molar-refractivity contribution in [3.8, 4) is 22.6 Å². The topological polar surface area (TPSA) is 79.4 Å². The Morgan fingerprint density at radius 1 is 1.30 bits per heavy atom. The number of carbonyl (C=O) groups excluding carboxylic acids is 1. The standard InChI is InChI=1S/C14H13N3O3/c1-8-11(12(14(15)18)17(2)16-8)9-4-3-5-10-13(9)20-7-6-19-10/h3-7H,1-2H3,(H2,15,18). The Balaban J connectivity index is 2.28. The molecule has 1 aromatic carbocycles. The molecule has 102 valence electrons. The smallest absolute Gasteiger partial charge is 0.267 e. The van der Waals surface area contributed by atoms with Crippen molar-refractivity contribution in [1.29, 1.82) is 0 Å². The van der Waals surface area contributed by atoms with Crippen LogP contribution in [0.15, 0.2) is 30.7 Å². The van der Waals surface area contributed by atoms with E-state index in [4.69, 9.17) is 15.2 Å². The molecule has 0 spiro atoms. The predicted octanol–water partition coefficient (Wildman–Crippen LogP) is 1.74. The van der Waals surface area contributed by atoms with Gasteiger partial charge >= 0.3 is 0 Å². The molecular formula is C14H13N3O3. The highest BCUT2D eigenvalue weighted by atomic mass is 16.5. The number of hydrogen-bond acceptors (Lipinski definition) is 4. The average molecular weight is 271 g/mol. The van der Waals surface area contributed by atoms with E-state index in [1.165, 1.54) is 17.2 Å². The van der Waals surface area contributed by atoms with Crippen LogP contribution in [0.2, 0.25) is 0 Å². The summed E-state index contributed by atoms with van der Waals surface area (Å²) in [6.07, 6.45) is 2.90. The van der Waals surface area contributed by atoms with Crippen LogP contribution >= 0.6 is 0 Å². The van der Waals surface area contributed by atoms with Crippen LogP contribution < -0.4 is 15.2 Å². The summed E-state index contributed by atoms with van der Waals surface area (Å²) < 4.78 is 12.4. The van der Waals surface area contributed by atoms with E-state index >= 15 is 0 Å². The normalized spacial score (nSPS) is 12.5. The number of nitrogens with zero attached hydrogens (tertiary/aromatic N) is 2. The van der Waals surface area contributed by atoms with Crippen molar-refractivity contribution < 1.29 is 14.3 Å². The fraction of sp³-hybridized carbons (Fsp3) is 0.143. The van der Waals surface area contributed by atoms with E-state index < -0.39 is 5.91 Å². The third-order valence-electron chi connectivity index (χ3n) is 3.14. The number of hydrogen-bond donors (Lipinski definition) is 1. The maximum absolute atomic E-state index is 11.7. The monoisotopic (exact) mass is 271 g/mol. The number of para-hydroxylation sites is 1. The maximum Gasteiger partial charge on any atom is 0.267 e. The summed E-state index contributed by atoms with van der Waals surface area (Å²) in [6.45, 7) is 1.82. The number of benzene rings is 1. The molecule has 1 amide bonds. The highest BCUT2D eigenvalue weighted by molar-refractivity contribution is 6.00. The summed E-state index contributed by atoms with van der Waals surface area (Å²) in [5.74, 6) is 0.602. The Morgan fingerprint density at radius 2 is 2.05 bits per heavy atom. The largest absolute Gasteiger partial charge is 0.458 e. The number of carbonyl (C=O) groups is 1. The SMILES string of the molecule is Cc1nn(C)c(C(N)=O)c1-c1cccc2c1OC=CO2. The van der Waals surface area contributed by atoms with Gasteiger partial charge in [0.05, 0.1) is 5.69 Å². The molecule has 2 N–H and O–H groups in total. The molecule has 0 saturated heterocycles. The Hall–Kier alpha value is -2.76. The first-order chi connectivity index (χ1) is 9.59. The van der Waals surface area contributed by atoms with Crippen LogP contribution in [0.5, 0.6) is 11.5 Å². The second-order valence-corrected chi connectivity index (χ2v) is 4.44. The van der Waals surface area contributed by atoms with E-state index in [2.05, 4.69) is 5.10 Å². The van der Waals surface area contributed by atoms with Crippen molar-refractivity contribution >= 4 is 5.91 Å². The van der Waals surface area contributed by atoms with E-state index in [0.29, 0.717) is 28.5 Å². The third-order valence-corrected chi connectivity index (χ3v) is 3.14. The average Bonchev–Trinajstić information content (AvgIpc) is 2.73. The Kier molecular flexibility index (Phi) is 2.71. The van der Waals surface area contributed by atoms with Crippen LogP contribution in [0, 0.1) is 6.92 Å². The molecule has 0 atom stereocenters. The predicted molar refractivity (Wildman–Crippen MR) is 72.3 cm³/mol. The zero-order chi connectivity index (χ0) is 14.3. The summed E-state index contributed by atoms with van der Waals surface area (Å²) >= 11 is 0. The molecule has 1 aliphatic heterocycles. The number of aryl methyl sites for hydroxylation is 2. The first-order valence-corrected chi connectivity index (χ1v) is 6.04. The van der Waals surface area contributed by atoms with E-state index in [1.807, 2.05) is 19.1 Å². The van der Waals surface area contributed by atoms with Gasteiger partial charge in [-0.1, -0.05) is 12.1 Å². The van der Waals surface area contributed by atoms with Crippen LogP contribution in [0.1, 0.15) is 16.2 Å². The van der Waals surface area contributed by atoms with Crippen LogP contribution in [0.3, 0.4) is 0 Å². The minimum absolute atomic E-state index is 0.342. The number of nitrogens with two attached hydrogens (primary N) is 1. The molecule has 0 unspecified atom stereocenters. The molecule has 2 heterocycles. The molecule has 3 rings (SSSR count). The zero-order valence-electron chi connectivity index (χ0n) is 11.1. The molecule has 0 fully saturated rings. The molecule has 1 aliphatic rings. The molecular weight excluding hydrogens is 258 g/mol. The molecule has 1 aromatic heterocycles. The molecule has 0 radical (unpaired) electrons. The highest BCUT2D eigenvalue weighted by Crippen LogP contribution is 2.42. The molecule has 0 bridgehead atoms. The van der Waals surface area contributed by atoms with Crippen molar-refractivity contribution in [3.05, 3.63) is 42.1 Å². The minimum Gasteiger partial charge on any atom is -0.458 e. The zero-order valence-corrected chi connectivity index (χ0v) is 11.1. The van der Waals surface area contributed by atoms with E-state index in [1.54, 1.807) is 13.1 Å². The Labute approximate surface area is 115 Å². The quantitative estimate of drug-likeness (QED) is 0.902. The van der Waals surface area contributed by atoms with Gasteiger partial charge in [-0.25, -0.2) is 0 Å². The van der Waals surface area contributed by atoms with Gasteiger partial charge in [0.25, 0.3) is 5.91 Å². The second kappa shape index (κ2) is 4.41. The van der Waals surface area contributed by atoms with Crippen molar-refractivity contribution in [3.63, 3.8) is 0 Å². The maximum atomic E-state index is 11.7. The Morgan fingerprint density at radius 3 is 2.80 bits per heavy atom.